The molecule has 1 aromatic heterocycles. The number of carbonyl (C=O) groups excluding carboxylic acids is 1. The molecule has 0 fully saturated rings. The first-order valence-electron chi connectivity index (χ1n) is 5.35. The zero-order valence-electron chi connectivity index (χ0n) is 10.1. The summed E-state index contributed by atoms with van der Waals surface area (Å²) in [6.07, 6.45) is 2.15. The van der Waals surface area contributed by atoms with E-state index < -0.39 is 0 Å². The molecule has 0 aliphatic rings. The smallest absolute Gasteiger partial charge is 0.226 e. The molecule has 0 saturated carbocycles. The Hall–Kier alpha value is -1.42. The predicted octanol–water partition coefficient (Wildman–Crippen LogP) is 1.91. The van der Waals surface area contributed by atoms with Crippen LogP contribution in [0.25, 0.3) is 0 Å². The minimum Gasteiger partial charge on any atom is -0.326 e. The quantitative estimate of drug-likeness (QED) is 0.819. The average Bonchev–Trinajstić information content (AvgIpc) is 2.16. The van der Waals surface area contributed by atoms with Crippen molar-refractivity contribution in [3.63, 3.8) is 0 Å². The Morgan fingerprint density at radius 3 is 2.56 bits per heavy atom. The number of nitrogens with zero attached hydrogens (tertiary/aromatic N) is 1. The van der Waals surface area contributed by atoms with Crippen LogP contribution in [0.1, 0.15) is 32.8 Å². The largest absolute Gasteiger partial charge is 0.326 e. The van der Waals surface area contributed by atoms with Crippen LogP contribution in [0.2, 0.25) is 0 Å². The minimum atomic E-state index is -0.0134. The van der Waals surface area contributed by atoms with Crippen LogP contribution in [-0.4, -0.2) is 10.9 Å². The zero-order chi connectivity index (χ0) is 12.2. The van der Waals surface area contributed by atoms with Crippen molar-refractivity contribution >= 4 is 11.7 Å². The second-order valence-electron chi connectivity index (χ2n) is 5.04. The topological polar surface area (TPSA) is 68.0 Å². The van der Waals surface area contributed by atoms with Crippen molar-refractivity contribution in [2.45, 2.75) is 33.7 Å². The summed E-state index contributed by atoms with van der Waals surface area (Å²) in [5.41, 5.74) is 6.40. The number of rotatable bonds is 3. The number of pyridine rings is 1. The molecule has 1 rings (SSSR count). The van der Waals surface area contributed by atoms with Gasteiger partial charge in [-0.1, -0.05) is 26.8 Å². The van der Waals surface area contributed by atoms with Gasteiger partial charge in [0.05, 0.1) is 0 Å². The van der Waals surface area contributed by atoms with Crippen molar-refractivity contribution in [2.75, 3.05) is 5.32 Å². The third-order valence-corrected chi connectivity index (χ3v) is 2.02. The molecule has 1 heterocycles. The summed E-state index contributed by atoms with van der Waals surface area (Å²) in [7, 11) is 0. The maximum Gasteiger partial charge on any atom is 0.226 e. The Morgan fingerprint density at radius 2 is 2.12 bits per heavy atom. The molecule has 4 nitrogen and oxygen atoms in total. The van der Waals surface area contributed by atoms with Gasteiger partial charge in [-0.15, -0.1) is 0 Å². The van der Waals surface area contributed by atoms with E-state index >= 15 is 0 Å². The fraction of sp³-hybridized carbons (Fsp3) is 0.500. The van der Waals surface area contributed by atoms with Crippen molar-refractivity contribution < 1.29 is 4.79 Å². The van der Waals surface area contributed by atoms with E-state index in [1.165, 1.54) is 0 Å². The molecule has 0 aromatic carbocycles. The van der Waals surface area contributed by atoms with E-state index in [1.54, 1.807) is 12.3 Å². The molecule has 0 saturated heterocycles. The number of anilines is 1. The van der Waals surface area contributed by atoms with Crippen molar-refractivity contribution in [3.8, 4) is 0 Å². The molecule has 0 atom stereocenters. The van der Waals surface area contributed by atoms with Gasteiger partial charge < -0.3 is 11.1 Å². The first-order valence-corrected chi connectivity index (χ1v) is 5.35. The van der Waals surface area contributed by atoms with E-state index in [4.69, 9.17) is 5.73 Å². The summed E-state index contributed by atoms with van der Waals surface area (Å²) in [6, 6.07) is 3.63. The van der Waals surface area contributed by atoms with E-state index in [9.17, 15) is 4.79 Å². The van der Waals surface area contributed by atoms with E-state index in [-0.39, 0.29) is 11.3 Å². The molecule has 1 amide bonds. The monoisotopic (exact) mass is 221 g/mol. The minimum absolute atomic E-state index is 0.0126. The molecule has 16 heavy (non-hydrogen) atoms. The lowest BCUT2D eigenvalue weighted by Gasteiger charge is -2.16. The Kier molecular flexibility index (Phi) is 4.01. The number of nitrogens with one attached hydrogen (secondary N) is 1. The highest BCUT2D eigenvalue weighted by atomic mass is 16.1. The average molecular weight is 221 g/mol. The van der Waals surface area contributed by atoms with Gasteiger partial charge in [0.2, 0.25) is 5.91 Å². The van der Waals surface area contributed by atoms with Gasteiger partial charge >= 0.3 is 0 Å². The van der Waals surface area contributed by atoms with Gasteiger partial charge in [0.15, 0.2) is 0 Å². The first-order chi connectivity index (χ1) is 7.40. The molecule has 1 aromatic rings. The fourth-order valence-electron chi connectivity index (χ4n) is 1.29. The van der Waals surface area contributed by atoms with Gasteiger partial charge in [-0.3, -0.25) is 4.79 Å². The Morgan fingerprint density at radius 1 is 1.44 bits per heavy atom. The van der Waals surface area contributed by atoms with Gasteiger partial charge in [-0.2, -0.15) is 0 Å². The van der Waals surface area contributed by atoms with E-state index in [0.717, 1.165) is 5.56 Å². The molecule has 0 radical (unpaired) electrons. The Labute approximate surface area is 96.3 Å². The van der Waals surface area contributed by atoms with Crippen LogP contribution in [0.15, 0.2) is 18.3 Å². The van der Waals surface area contributed by atoms with Crippen LogP contribution >= 0.6 is 0 Å². The Bertz CT molecular complexity index is 352. The molecular formula is C12H19N3O. The van der Waals surface area contributed by atoms with Crippen LogP contribution < -0.4 is 11.1 Å². The van der Waals surface area contributed by atoms with Crippen LogP contribution in [0.4, 0.5) is 5.82 Å². The number of amides is 1. The van der Waals surface area contributed by atoms with Crippen molar-refractivity contribution in [1.29, 1.82) is 0 Å². The van der Waals surface area contributed by atoms with E-state index in [2.05, 4.69) is 10.3 Å². The van der Waals surface area contributed by atoms with Crippen LogP contribution in [0, 0.1) is 5.41 Å². The van der Waals surface area contributed by atoms with Gasteiger partial charge in [0.25, 0.3) is 0 Å². The van der Waals surface area contributed by atoms with Gasteiger partial charge in [-0.25, -0.2) is 4.98 Å². The number of hydrogen-bond donors (Lipinski definition) is 2. The highest BCUT2D eigenvalue weighted by Gasteiger charge is 2.15. The fourth-order valence-corrected chi connectivity index (χ4v) is 1.29. The molecule has 0 spiro atoms. The second kappa shape index (κ2) is 5.07. The van der Waals surface area contributed by atoms with Crippen molar-refractivity contribution in [3.05, 3.63) is 23.9 Å². The maximum absolute atomic E-state index is 11.6. The molecule has 4 heteroatoms. The molecule has 88 valence electrons. The molecule has 3 N–H and O–H groups in total. The summed E-state index contributed by atoms with van der Waals surface area (Å²) in [6.45, 7) is 6.54. The molecular weight excluding hydrogens is 202 g/mol. The highest BCUT2D eigenvalue weighted by Crippen LogP contribution is 2.19. The zero-order valence-corrected chi connectivity index (χ0v) is 10.1. The predicted molar refractivity (Wildman–Crippen MR) is 64.8 cm³/mol. The SMILES string of the molecule is CC(C)(C)CC(=O)Nc1ccc(CN)cn1. The normalized spacial score (nSPS) is 11.2. The lowest BCUT2D eigenvalue weighted by Crippen LogP contribution is -2.20. The highest BCUT2D eigenvalue weighted by molar-refractivity contribution is 5.90. The van der Waals surface area contributed by atoms with E-state index in [1.807, 2.05) is 26.8 Å². The first kappa shape index (κ1) is 12.6. The lowest BCUT2D eigenvalue weighted by molar-refractivity contribution is -0.117. The third kappa shape index (κ3) is 4.40. The van der Waals surface area contributed by atoms with E-state index in [0.29, 0.717) is 18.8 Å². The van der Waals surface area contributed by atoms with Gasteiger partial charge in [0.1, 0.15) is 5.82 Å². The molecule has 0 aliphatic heterocycles. The summed E-state index contributed by atoms with van der Waals surface area (Å²) in [5, 5.41) is 2.76. The number of aromatic nitrogens is 1. The Balaban J connectivity index is 2.56. The maximum atomic E-state index is 11.6. The standard InChI is InChI=1S/C12H19N3O/c1-12(2,3)6-11(16)15-10-5-4-9(7-13)8-14-10/h4-5,8H,6-7,13H2,1-3H3,(H,14,15,16). The number of nitrogens with two attached hydrogens (primary N) is 1. The van der Waals surface area contributed by atoms with Gasteiger partial charge in [0, 0.05) is 19.2 Å². The lowest BCUT2D eigenvalue weighted by atomic mass is 9.92. The summed E-state index contributed by atoms with van der Waals surface area (Å²) in [5.74, 6) is 0.562. The van der Waals surface area contributed by atoms with Crippen LogP contribution in [-0.2, 0) is 11.3 Å². The molecule has 0 unspecified atom stereocenters. The van der Waals surface area contributed by atoms with Crippen molar-refractivity contribution in [2.24, 2.45) is 11.1 Å². The summed E-state index contributed by atoms with van der Waals surface area (Å²) >= 11 is 0. The van der Waals surface area contributed by atoms with Crippen molar-refractivity contribution in [1.82, 2.24) is 4.98 Å². The summed E-state index contributed by atoms with van der Waals surface area (Å²) in [4.78, 5) is 15.7. The van der Waals surface area contributed by atoms with Crippen LogP contribution in [0.3, 0.4) is 0 Å². The molecule has 0 bridgehead atoms. The third-order valence-electron chi connectivity index (χ3n) is 2.02. The summed E-state index contributed by atoms with van der Waals surface area (Å²) < 4.78 is 0. The van der Waals surface area contributed by atoms with Crippen LogP contribution in [0.5, 0.6) is 0 Å². The second-order valence-corrected chi connectivity index (χ2v) is 5.04. The molecule has 0 aliphatic carbocycles. The number of hydrogen-bond acceptors (Lipinski definition) is 3. The van der Waals surface area contributed by atoms with Gasteiger partial charge in [-0.05, 0) is 17.0 Å². The number of carbonyl (C=O) groups is 1.